The van der Waals surface area contributed by atoms with E-state index in [0.29, 0.717) is 41.9 Å². The molecule has 1 aliphatic rings. The Morgan fingerprint density at radius 2 is 1.90 bits per heavy atom. The minimum atomic E-state index is -3.61. The van der Waals surface area contributed by atoms with Crippen LogP contribution in [0, 0.1) is 0 Å². The van der Waals surface area contributed by atoms with Crippen LogP contribution in [0.3, 0.4) is 0 Å². The molecule has 4 rings (SSSR count). The zero-order valence-electron chi connectivity index (χ0n) is 16.4. The van der Waals surface area contributed by atoms with E-state index in [-0.39, 0.29) is 17.2 Å². The summed E-state index contributed by atoms with van der Waals surface area (Å²) < 4.78 is 37.6. The van der Waals surface area contributed by atoms with Crippen LogP contribution in [-0.4, -0.2) is 50.0 Å². The second-order valence-electron chi connectivity index (χ2n) is 6.78. The maximum Gasteiger partial charge on any atom is 0.358 e. The molecule has 7 nitrogen and oxygen atoms in total. The number of hydrogen-bond donors (Lipinski definition) is 0. The summed E-state index contributed by atoms with van der Waals surface area (Å²) in [6.45, 7) is 1.34. The summed E-state index contributed by atoms with van der Waals surface area (Å²) >= 11 is 7.23. The van der Waals surface area contributed by atoms with Gasteiger partial charge in [0, 0.05) is 29.1 Å². The van der Waals surface area contributed by atoms with E-state index in [1.807, 2.05) is 12.1 Å². The highest BCUT2D eigenvalue weighted by atomic mass is 35.5. The largest absolute Gasteiger partial charge is 0.456 e. The Kier molecular flexibility index (Phi) is 6.68. The van der Waals surface area contributed by atoms with Gasteiger partial charge in [0.25, 0.3) is 0 Å². The fourth-order valence-corrected chi connectivity index (χ4v) is 5.45. The van der Waals surface area contributed by atoms with Gasteiger partial charge in [-0.3, -0.25) is 0 Å². The first kappa shape index (κ1) is 21.9. The topological polar surface area (TPSA) is 85.8 Å². The molecule has 2 heterocycles. The second-order valence-corrected chi connectivity index (χ2v) is 10.0. The Balaban J connectivity index is 1.42. The van der Waals surface area contributed by atoms with Gasteiger partial charge >= 0.3 is 5.97 Å². The number of thiazole rings is 1. The highest BCUT2D eigenvalue weighted by Crippen LogP contribution is 2.25. The van der Waals surface area contributed by atoms with Crippen molar-refractivity contribution < 1.29 is 22.7 Å². The van der Waals surface area contributed by atoms with E-state index < -0.39 is 16.0 Å². The van der Waals surface area contributed by atoms with Crippen LogP contribution in [-0.2, 0) is 26.1 Å². The number of benzene rings is 2. The lowest BCUT2D eigenvalue weighted by Crippen LogP contribution is -2.40. The number of esters is 1. The molecule has 0 saturated carbocycles. The molecule has 2 aromatic carbocycles. The lowest BCUT2D eigenvalue weighted by atomic mass is 10.2. The third-order valence-electron chi connectivity index (χ3n) is 4.68. The van der Waals surface area contributed by atoms with Gasteiger partial charge in [-0.15, -0.1) is 11.3 Å². The first-order chi connectivity index (χ1) is 14.9. The summed E-state index contributed by atoms with van der Waals surface area (Å²) in [4.78, 5) is 16.9. The average Bonchev–Trinajstić information content (AvgIpc) is 3.29. The van der Waals surface area contributed by atoms with Crippen LogP contribution < -0.4 is 0 Å². The van der Waals surface area contributed by atoms with Gasteiger partial charge in [0.2, 0.25) is 10.0 Å². The van der Waals surface area contributed by atoms with Crippen molar-refractivity contribution in [2.45, 2.75) is 11.5 Å². The van der Waals surface area contributed by atoms with E-state index in [1.54, 1.807) is 29.6 Å². The van der Waals surface area contributed by atoms with E-state index in [9.17, 15) is 13.2 Å². The molecule has 0 bridgehead atoms. The number of rotatable bonds is 6. The Bertz CT molecular complexity index is 1170. The molecule has 0 spiro atoms. The van der Waals surface area contributed by atoms with Crippen LogP contribution in [0.15, 0.2) is 58.8 Å². The van der Waals surface area contributed by atoms with Gasteiger partial charge in [-0.25, -0.2) is 18.2 Å². The number of aromatic nitrogens is 1. The van der Waals surface area contributed by atoms with Crippen molar-refractivity contribution in [1.29, 1.82) is 0 Å². The maximum absolute atomic E-state index is 12.8. The van der Waals surface area contributed by atoms with E-state index >= 15 is 0 Å². The zero-order chi connectivity index (χ0) is 21.8. The molecule has 0 aliphatic carbocycles. The number of carbonyl (C=O) groups is 1. The fraction of sp³-hybridized carbons (Fsp3) is 0.238. The van der Waals surface area contributed by atoms with Crippen molar-refractivity contribution in [2.75, 3.05) is 26.3 Å². The number of sulfonamides is 1. The van der Waals surface area contributed by atoms with Gasteiger partial charge in [0.15, 0.2) is 5.69 Å². The van der Waals surface area contributed by atoms with E-state index in [2.05, 4.69) is 4.98 Å². The molecule has 1 fully saturated rings. The molecule has 162 valence electrons. The van der Waals surface area contributed by atoms with Crippen LogP contribution in [0.25, 0.3) is 10.6 Å². The van der Waals surface area contributed by atoms with Gasteiger partial charge in [0.05, 0.1) is 18.1 Å². The molecule has 0 N–H and O–H groups in total. The van der Waals surface area contributed by atoms with E-state index in [0.717, 1.165) is 5.56 Å². The summed E-state index contributed by atoms with van der Waals surface area (Å²) in [7, 11) is -3.61. The lowest BCUT2D eigenvalue weighted by Gasteiger charge is -2.26. The first-order valence-corrected chi connectivity index (χ1v) is 12.2. The minimum Gasteiger partial charge on any atom is -0.456 e. The van der Waals surface area contributed by atoms with Gasteiger partial charge in [-0.2, -0.15) is 4.31 Å². The molecule has 1 saturated heterocycles. The number of carbonyl (C=O) groups excluding carboxylic acids is 1. The van der Waals surface area contributed by atoms with Crippen molar-refractivity contribution in [3.8, 4) is 10.6 Å². The third-order valence-corrected chi connectivity index (χ3v) is 7.72. The standard InChI is InChI=1S/C21H19ClN2O5S2/c22-17-6-4-16(5-7-17)20-23-19(14-30-20)21(25)29-13-15-2-1-3-18(12-15)31(26,27)24-8-10-28-11-9-24/h1-7,12,14H,8-11,13H2. The molecule has 0 unspecified atom stereocenters. The van der Waals surface area contributed by atoms with Crippen molar-refractivity contribution in [1.82, 2.24) is 9.29 Å². The van der Waals surface area contributed by atoms with Crippen molar-refractivity contribution >= 4 is 38.9 Å². The number of nitrogens with zero attached hydrogens (tertiary/aromatic N) is 2. The molecule has 10 heteroatoms. The third kappa shape index (κ3) is 5.13. The van der Waals surface area contributed by atoms with E-state index in [1.165, 1.54) is 27.8 Å². The lowest BCUT2D eigenvalue weighted by molar-refractivity contribution is 0.0466. The number of hydrogen-bond acceptors (Lipinski definition) is 7. The predicted octanol–water partition coefficient (Wildman–Crippen LogP) is 3.84. The van der Waals surface area contributed by atoms with Crippen molar-refractivity contribution in [3.05, 3.63) is 70.2 Å². The predicted molar refractivity (Wildman–Crippen MR) is 118 cm³/mol. The van der Waals surface area contributed by atoms with Crippen LogP contribution >= 0.6 is 22.9 Å². The monoisotopic (exact) mass is 478 g/mol. The van der Waals surface area contributed by atoms with Gasteiger partial charge in [-0.1, -0.05) is 35.9 Å². The van der Waals surface area contributed by atoms with Crippen LogP contribution in [0.1, 0.15) is 16.1 Å². The Morgan fingerprint density at radius 3 is 2.65 bits per heavy atom. The maximum atomic E-state index is 12.8. The minimum absolute atomic E-state index is 0.0564. The molecule has 0 atom stereocenters. The SMILES string of the molecule is O=C(OCc1cccc(S(=O)(=O)N2CCOCC2)c1)c1csc(-c2ccc(Cl)cc2)n1. The van der Waals surface area contributed by atoms with Crippen molar-refractivity contribution in [3.63, 3.8) is 0 Å². The molecule has 0 radical (unpaired) electrons. The number of morpholine rings is 1. The normalized spacial score (nSPS) is 15.0. The second kappa shape index (κ2) is 9.46. The molecule has 3 aromatic rings. The smallest absolute Gasteiger partial charge is 0.358 e. The van der Waals surface area contributed by atoms with Crippen LogP contribution in [0.2, 0.25) is 5.02 Å². The quantitative estimate of drug-likeness (QED) is 0.500. The molecule has 0 amide bonds. The Labute approximate surface area is 189 Å². The van der Waals surface area contributed by atoms with Gasteiger partial charge < -0.3 is 9.47 Å². The summed E-state index contributed by atoms with van der Waals surface area (Å²) in [5.74, 6) is -0.571. The van der Waals surface area contributed by atoms with Gasteiger partial charge in [0.1, 0.15) is 11.6 Å². The number of halogens is 1. The van der Waals surface area contributed by atoms with Crippen LogP contribution in [0.5, 0.6) is 0 Å². The number of ether oxygens (including phenoxy) is 2. The van der Waals surface area contributed by atoms with Gasteiger partial charge in [-0.05, 0) is 29.8 Å². The summed E-state index contributed by atoms with van der Waals surface area (Å²) in [5.41, 5.74) is 1.64. The summed E-state index contributed by atoms with van der Waals surface area (Å²) in [6.07, 6.45) is 0. The molecule has 1 aromatic heterocycles. The summed E-state index contributed by atoms with van der Waals surface area (Å²) in [5, 5.41) is 2.94. The van der Waals surface area contributed by atoms with Crippen molar-refractivity contribution in [2.24, 2.45) is 0 Å². The molecular formula is C21H19ClN2O5S2. The molecule has 31 heavy (non-hydrogen) atoms. The highest BCUT2D eigenvalue weighted by molar-refractivity contribution is 7.89. The first-order valence-electron chi connectivity index (χ1n) is 9.49. The fourth-order valence-electron chi connectivity index (χ4n) is 3.05. The average molecular weight is 479 g/mol. The summed E-state index contributed by atoms with van der Waals surface area (Å²) in [6, 6.07) is 13.6. The van der Waals surface area contributed by atoms with E-state index in [4.69, 9.17) is 21.1 Å². The Morgan fingerprint density at radius 1 is 1.16 bits per heavy atom. The van der Waals surface area contributed by atoms with Crippen LogP contribution in [0.4, 0.5) is 0 Å². The highest BCUT2D eigenvalue weighted by Gasteiger charge is 2.26. The molecule has 1 aliphatic heterocycles. The molecular weight excluding hydrogens is 460 g/mol. The Hall–Kier alpha value is -2.30. The zero-order valence-corrected chi connectivity index (χ0v) is 18.8.